The van der Waals surface area contributed by atoms with E-state index >= 15 is 0 Å². The summed E-state index contributed by atoms with van der Waals surface area (Å²) < 4.78 is 4.20. The number of rotatable bonds is 2. The van der Waals surface area contributed by atoms with Crippen molar-refractivity contribution in [2.45, 2.75) is 59.9 Å². The normalized spacial score (nSPS) is 8.20. The van der Waals surface area contributed by atoms with Crippen LogP contribution in [0.5, 0.6) is 0 Å². The minimum Gasteiger partial charge on any atom is -0.480 e. The van der Waals surface area contributed by atoms with E-state index in [1.807, 2.05) is 30.3 Å². The first-order valence-corrected chi connectivity index (χ1v) is 7.63. The van der Waals surface area contributed by atoms with Crippen LogP contribution >= 0.6 is 0 Å². The molecule has 0 fully saturated rings. The fourth-order valence-corrected chi connectivity index (χ4v) is 0.465. The Balaban J connectivity index is -0.0000000672. The molecule has 0 heterocycles. The van der Waals surface area contributed by atoms with Crippen molar-refractivity contribution >= 4 is 5.97 Å². The van der Waals surface area contributed by atoms with E-state index in [1.54, 1.807) is 41.5 Å². The van der Waals surface area contributed by atoms with Crippen LogP contribution in [0, 0.1) is 6.07 Å². The Hall–Kier alpha value is -0.756. The van der Waals surface area contributed by atoms with Crippen molar-refractivity contribution in [3.8, 4) is 0 Å². The molecular weight excluding hydrogens is 360 g/mol. The Morgan fingerprint density at radius 1 is 0.880 bits per heavy atom. The van der Waals surface area contributed by atoms with Crippen molar-refractivity contribution in [2.24, 2.45) is 0 Å². The number of benzene rings is 1. The van der Waals surface area contributed by atoms with Crippen molar-refractivity contribution in [1.29, 1.82) is 0 Å². The van der Waals surface area contributed by atoms with Crippen LogP contribution in [0.3, 0.4) is 0 Å². The summed E-state index contributed by atoms with van der Waals surface area (Å²) in [5.41, 5.74) is 0. The molecule has 0 atom stereocenters. The summed E-state index contributed by atoms with van der Waals surface area (Å²) in [7, 11) is 1.34. The molecule has 0 aliphatic carbocycles. The van der Waals surface area contributed by atoms with Gasteiger partial charge in [0.25, 0.3) is 0 Å². The number of aliphatic carboxylic acids is 1. The molecule has 0 aromatic heterocycles. The maximum atomic E-state index is 9.47. The molecule has 25 heavy (non-hydrogen) atoms. The molecule has 0 spiro atoms. The second-order valence-corrected chi connectivity index (χ2v) is 5.19. The van der Waals surface area contributed by atoms with E-state index in [0.29, 0.717) is 0 Å². The van der Waals surface area contributed by atoms with Gasteiger partial charge in [-0.3, -0.25) is 0 Å². The third-order valence-corrected chi connectivity index (χ3v) is 0.875. The summed E-state index contributed by atoms with van der Waals surface area (Å²) in [6, 6.07) is 12.5. The van der Waals surface area contributed by atoms with Gasteiger partial charge in [-0.2, -0.15) is 36.4 Å². The van der Waals surface area contributed by atoms with Crippen LogP contribution in [0.2, 0.25) is 0 Å². The third-order valence-electron chi connectivity index (χ3n) is 0.875. The molecule has 0 aliphatic rings. The number of aliphatic hydroxyl groups is 3. The molecule has 7 heteroatoms. The Kier molecular flexibility index (Phi) is 43.9. The van der Waals surface area contributed by atoms with Gasteiger partial charge in [0.2, 0.25) is 0 Å². The fourth-order valence-electron chi connectivity index (χ4n) is 0.465. The maximum absolute atomic E-state index is 9.47. The summed E-state index contributed by atoms with van der Waals surface area (Å²) in [6.45, 7) is 10.1. The van der Waals surface area contributed by atoms with Crippen molar-refractivity contribution < 1.29 is 51.7 Å². The largest absolute Gasteiger partial charge is 0.480 e. The Bertz CT molecular complexity index is 269. The monoisotopic (exact) mass is 395 g/mol. The van der Waals surface area contributed by atoms with Crippen LogP contribution in [0.1, 0.15) is 41.5 Å². The Labute approximate surface area is 167 Å². The van der Waals surface area contributed by atoms with E-state index < -0.39 is 5.97 Å². The zero-order valence-electron chi connectivity index (χ0n) is 16.4. The number of ether oxygens (including phenoxy) is 1. The standard InChI is InChI=1S/C6H5.C3H6O3.3C3H8O.Ti/c1-2-4-6-5-3-1;1-6-2-3(4)5;3*1-3(2)4;/h1-5H;2H2,1H3,(H,4,5);3*3-4H,1-2H3;/q-1;;;;;. The van der Waals surface area contributed by atoms with Crippen LogP contribution in [0.15, 0.2) is 30.3 Å². The van der Waals surface area contributed by atoms with Gasteiger partial charge in [-0.1, -0.05) is 0 Å². The van der Waals surface area contributed by atoms with Gasteiger partial charge in [0.05, 0.1) is 0 Å². The number of carbonyl (C=O) groups is 1. The van der Waals surface area contributed by atoms with Crippen molar-refractivity contribution in [3.05, 3.63) is 36.4 Å². The maximum Gasteiger partial charge on any atom is 0.329 e. The van der Waals surface area contributed by atoms with Crippen LogP contribution in [-0.2, 0) is 31.2 Å². The van der Waals surface area contributed by atoms with Gasteiger partial charge in [-0.05, 0) is 41.5 Å². The number of methoxy groups -OCH3 is 1. The summed E-state index contributed by atoms with van der Waals surface area (Å²) >= 11 is 0. The molecule has 148 valence electrons. The smallest absolute Gasteiger partial charge is 0.329 e. The molecule has 0 saturated carbocycles. The van der Waals surface area contributed by atoms with Gasteiger partial charge < -0.3 is 25.2 Å². The SMILES string of the molecule is CC(C)O.CC(C)O.CC(C)O.COCC(=O)O.[Ti].[c-]1ccccc1. The predicted octanol–water partition coefficient (Wildman–Crippen LogP) is 2.36. The number of hydrogen-bond donors (Lipinski definition) is 4. The van der Waals surface area contributed by atoms with Gasteiger partial charge >= 0.3 is 5.97 Å². The molecule has 1 aromatic rings. The van der Waals surface area contributed by atoms with Crippen LogP contribution < -0.4 is 0 Å². The van der Waals surface area contributed by atoms with E-state index in [0.717, 1.165) is 0 Å². The van der Waals surface area contributed by atoms with E-state index in [-0.39, 0.29) is 46.6 Å². The molecule has 0 radical (unpaired) electrons. The first kappa shape index (κ1) is 35.4. The molecule has 0 aliphatic heterocycles. The first-order chi connectivity index (χ1) is 11.0. The van der Waals surface area contributed by atoms with Gasteiger partial charge in [-0.25, -0.2) is 4.79 Å². The summed E-state index contributed by atoms with van der Waals surface area (Å²) in [4.78, 5) is 9.47. The number of hydrogen-bond acceptors (Lipinski definition) is 5. The minimum absolute atomic E-state index is 0. The van der Waals surface area contributed by atoms with Crippen LogP contribution in [0.4, 0.5) is 0 Å². The van der Waals surface area contributed by atoms with Gasteiger partial charge in [-0.15, -0.1) is 0 Å². The van der Waals surface area contributed by atoms with Crippen LogP contribution in [0.25, 0.3) is 0 Å². The van der Waals surface area contributed by atoms with E-state index in [4.69, 9.17) is 20.4 Å². The molecule has 0 saturated heterocycles. The quantitative estimate of drug-likeness (QED) is 0.452. The average Bonchev–Trinajstić information content (AvgIpc) is 2.39. The summed E-state index contributed by atoms with van der Waals surface area (Å²) in [5, 5.41) is 32.0. The predicted molar refractivity (Wildman–Crippen MR) is 96.9 cm³/mol. The van der Waals surface area contributed by atoms with E-state index in [2.05, 4.69) is 10.8 Å². The molecule has 4 N–H and O–H groups in total. The second kappa shape index (κ2) is 31.1. The average molecular weight is 395 g/mol. The van der Waals surface area contributed by atoms with E-state index in [1.165, 1.54) is 7.11 Å². The van der Waals surface area contributed by atoms with Gasteiger partial charge in [0, 0.05) is 47.1 Å². The Morgan fingerprint density at radius 3 is 1.20 bits per heavy atom. The molecule has 0 unspecified atom stereocenters. The van der Waals surface area contributed by atoms with Crippen molar-refractivity contribution in [2.75, 3.05) is 13.7 Å². The van der Waals surface area contributed by atoms with Gasteiger partial charge in [0.15, 0.2) is 0 Å². The number of carboxylic acids is 1. The molecule has 0 amide bonds. The topological polar surface area (TPSA) is 107 Å². The molecule has 1 rings (SSSR count). The Morgan fingerprint density at radius 2 is 1.16 bits per heavy atom. The fraction of sp³-hybridized carbons (Fsp3) is 0.611. The third kappa shape index (κ3) is 154. The van der Waals surface area contributed by atoms with E-state index in [9.17, 15) is 4.79 Å². The van der Waals surface area contributed by atoms with Crippen molar-refractivity contribution in [3.63, 3.8) is 0 Å². The minimum atomic E-state index is -0.933. The molecule has 6 nitrogen and oxygen atoms in total. The van der Waals surface area contributed by atoms with Crippen LogP contribution in [-0.4, -0.2) is 58.4 Å². The number of carboxylic acid groups (broad SMARTS) is 1. The second-order valence-electron chi connectivity index (χ2n) is 5.19. The zero-order chi connectivity index (χ0) is 20.0. The number of aliphatic hydroxyl groups excluding tert-OH is 3. The molecular formula is C18H35O6Ti-. The first-order valence-electron chi connectivity index (χ1n) is 7.63. The van der Waals surface area contributed by atoms with Crippen molar-refractivity contribution in [1.82, 2.24) is 0 Å². The molecule has 1 aromatic carbocycles. The summed E-state index contributed by atoms with van der Waals surface area (Å²) in [6.07, 6.45) is -0.500. The summed E-state index contributed by atoms with van der Waals surface area (Å²) in [5.74, 6) is -0.933. The van der Waals surface area contributed by atoms with Gasteiger partial charge in [0.1, 0.15) is 6.61 Å². The zero-order valence-corrected chi connectivity index (χ0v) is 18.0. The molecule has 0 bridgehead atoms.